The van der Waals surface area contributed by atoms with Crippen molar-refractivity contribution in [3.05, 3.63) is 28.7 Å². The lowest BCUT2D eigenvalue weighted by Crippen LogP contribution is -2.37. The highest BCUT2D eigenvalue weighted by Gasteiger charge is 2.19. The molecule has 1 saturated heterocycles. The van der Waals surface area contributed by atoms with E-state index < -0.39 is 0 Å². The molecule has 2 aromatic rings. The molecule has 1 aliphatic heterocycles. The highest BCUT2D eigenvalue weighted by Crippen LogP contribution is 2.21. The summed E-state index contributed by atoms with van der Waals surface area (Å²) in [5, 5.41) is 0. The van der Waals surface area contributed by atoms with Gasteiger partial charge in [0.15, 0.2) is 5.58 Å². The van der Waals surface area contributed by atoms with Crippen LogP contribution < -0.4 is 10.5 Å². The molecule has 0 saturated carbocycles. The molecule has 0 N–H and O–H groups in total. The number of likely N-dealkylation sites (tertiary alicyclic amines) is 1. The second kappa shape index (κ2) is 5.32. The molecule has 108 valence electrons. The Kier molecular flexibility index (Phi) is 3.53. The molecule has 20 heavy (non-hydrogen) atoms. The van der Waals surface area contributed by atoms with Gasteiger partial charge in [-0.25, -0.2) is 4.79 Å². The number of benzene rings is 1. The van der Waals surface area contributed by atoms with Crippen molar-refractivity contribution in [1.29, 1.82) is 0 Å². The Morgan fingerprint density at radius 2 is 2.30 bits per heavy atom. The van der Waals surface area contributed by atoms with Crippen LogP contribution in [0.3, 0.4) is 0 Å². The molecule has 0 aliphatic carbocycles. The van der Waals surface area contributed by atoms with Gasteiger partial charge in [-0.05, 0) is 37.4 Å². The minimum absolute atomic E-state index is 0.300. The van der Waals surface area contributed by atoms with Crippen molar-refractivity contribution < 1.29 is 9.15 Å². The first-order chi connectivity index (χ1) is 9.67. The van der Waals surface area contributed by atoms with Gasteiger partial charge in [-0.3, -0.25) is 9.47 Å². The molecule has 1 aromatic carbocycles. The van der Waals surface area contributed by atoms with Gasteiger partial charge in [-0.15, -0.1) is 0 Å². The number of oxazole rings is 1. The zero-order chi connectivity index (χ0) is 14.1. The number of hydrogen-bond donors (Lipinski definition) is 0. The van der Waals surface area contributed by atoms with Gasteiger partial charge in [0.1, 0.15) is 5.75 Å². The number of aromatic nitrogens is 1. The number of piperidine rings is 1. The van der Waals surface area contributed by atoms with Crippen molar-refractivity contribution >= 4 is 11.1 Å². The lowest BCUT2D eigenvalue weighted by molar-refractivity contribution is 0.143. The maximum atomic E-state index is 12.0. The van der Waals surface area contributed by atoms with Crippen LogP contribution in [0.4, 0.5) is 0 Å². The van der Waals surface area contributed by atoms with Gasteiger partial charge in [0.05, 0.1) is 19.3 Å². The second-order valence-corrected chi connectivity index (χ2v) is 5.60. The summed E-state index contributed by atoms with van der Waals surface area (Å²) in [6, 6.07) is 5.49. The Labute approximate surface area is 117 Å². The zero-order valence-electron chi connectivity index (χ0n) is 12.0. The van der Waals surface area contributed by atoms with E-state index in [2.05, 4.69) is 11.8 Å². The maximum Gasteiger partial charge on any atom is 0.421 e. The SMILES string of the molecule is COc1ccc2c(c1)oc(=O)n2CN1CCC[C@@H](C)C1. The average molecular weight is 276 g/mol. The van der Waals surface area contributed by atoms with Crippen molar-refractivity contribution in [2.75, 3.05) is 20.2 Å². The van der Waals surface area contributed by atoms with Gasteiger partial charge in [-0.1, -0.05) is 6.92 Å². The lowest BCUT2D eigenvalue weighted by atomic mass is 10.0. The number of hydrogen-bond acceptors (Lipinski definition) is 4. The third-order valence-electron chi connectivity index (χ3n) is 3.96. The fraction of sp³-hybridized carbons (Fsp3) is 0.533. The van der Waals surface area contributed by atoms with Gasteiger partial charge >= 0.3 is 5.76 Å². The predicted octanol–water partition coefficient (Wildman–Crippen LogP) is 2.29. The molecule has 1 fully saturated rings. The summed E-state index contributed by atoms with van der Waals surface area (Å²) in [7, 11) is 1.60. The van der Waals surface area contributed by atoms with E-state index in [1.165, 1.54) is 12.8 Å². The van der Waals surface area contributed by atoms with Gasteiger partial charge < -0.3 is 9.15 Å². The van der Waals surface area contributed by atoms with E-state index in [-0.39, 0.29) is 5.76 Å². The smallest absolute Gasteiger partial charge is 0.421 e. The van der Waals surface area contributed by atoms with Crippen LogP contribution in [0.1, 0.15) is 19.8 Å². The molecule has 0 amide bonds. The molecule has 3 rings (SSSR count). The van der Waals surface area contributed by atoms with E-state index in [0.717, 1.165) is 18.6 Å². The molecule has 1 atom stereocenters. The van der Waals surface area contributed by atoms with E-state index in [9.17, 15) is 4.79 Å². The summed E-state index contributed by atoms with van der Waals surface area (Å²) in [6.07, 6.45) is 2.47. The summed E-state index contributed by atoms with van der Waals surface area (Å²) in [5.74, 6) is 1.09. The summed E-state index contributed by atoms with van der Waals surface area (Å²) in [4.78, 5) is 14.3. The molecule has 0 radical (unpaired) electrons. The Balaban J connectivity index is 1.91. The van der Waals surface area contributed by atoms with Gasteiger partial charge in [-0.2, -0.15) is 0 Å². The van der Waals surface area contributed by atoms with Crippen LogP contribution in [0.5, 0.6) is 5.75 Å². The quantitative estimate of drug-likeness (QED) is 0.863. The Morgan fingerprint density at radius 3 is 3.05 bits per heavy atom. The molecule has 0 unspecified atom stereocenters. The predicted molar refractivity (Wildman–Crippen MR) is 77.0 cm³/mol. The second-order valence-electron chi connectivity index (χ2n) is 5.60. The molecule has 2 heterocycles. The molecule has 5 heteroatoms. The largest absolute Gasteiger partial charge is 0.497 e. The molecule has 1 aromatic heterocycles. The van der Waals surface area contributed by atoms with Crippen molar-refractivity contribution in [3.63, 3.8) is 0 Å². The Bertz CT molecular complexity index is 659. The number of methoxy groups -OCH3 is 1. The van der Waals surface area contributed by atoms with Crippen LogP contribution in [0.15, 0.2) is 27.4 Å². The fourth-order valence-corrected chi connectivity index (χ4v) is 2.92. The van der Waals surface area contributed by atoms with Crippen LogP contribution in [0.25, 0.3) is 11.1 Å². The summed E-state index contributed by atoms with van der Waals surface area (Å²) in [5.41, 5.74) is 1.41. The topological polar surface area (TPSA) is 47.6 Å². The van der Waals surface area contributed by atoms with E-state index in [1.54, 1.807) is 17.7 Å². The minimum atomic E-state index is -0.300. The number of fused-ring (bicyclic) bond motifs is 1. The van der Waals surface area contributed by atoms with Crippen molar-refractivity contribution in [3.8, 4) is 5.75 Å². The third kappa shape index (κ3) is 2.45. The molecule has 0 spiro atoms. The first-order valence-corrected chi connectivity index (χ1v) is 7.07. The third-order valence-corrected chi connectivity index (χ3v) is 3.96. The molecule has 1 aliphatic rings. The van der Waals surface area contributed by atoms with Crippen LogP contribution in [0.2, 0.25) is 0 Å². The van der Waals surface area contributed by atoms with Crippen LogP contribution in [-0.2, 0) is 6.67 Å². The standard InChI is InChI=1S/C15H20N2O3/c1-11-4-3-7-16(9-11)10-17-13-6-5-12(19-2)8-14(13)20-15(17)18/h5-6,8,11H,3-4,7,9-10H2,1-2H3/t11-/m1/s1. The number of nitrogens with zero attached hydrogens (tertiary/aromatic N) is 2. The Hall–Kier alpha value is -1.75. The highest BCUT2D eigenvalue weighted by atomic mass is 16.5. The van der Waals surface area contributed by atoms with E-state index >= 15 is 0 Å². The van der Waals surface area contributed by atoms with Gasteiger partial charge in [0.2, 0.25) is 0 Å². The highest BCUT2D eigenvalue weighted by molar-refractivity contribution is 5.74. The molecule has 5 nitrogen and oxygen atoms in total. The van der Waals surface area contributed by atoms with Crippen LogP contribution in [-0.4, -0.2) is 29.7 Å². The average Bonchev–Trinajstić information content (AvgIpc) is 2.74. The summed E-state index contributed by atoms with van der Waals surface area (Å²) >= 11 is 0. The first-order valence-electron chi connectivity index (χ1n) is 7.07. The lowest BCUT2D eigenvalue weighted by Gasteiger charge is -2.30. The molecular formula is C15H20N2O3. The van der Waals surface area contributed by atoms with Crippen LogP contribution in [0, 0.1) is 5.92 Å². The van der Waals surface area contributed by atoms with Gasteiger partial charge in [0, 0.05) is 12.6 Å². The van der Waals surface area contributed by atoms with Crippen LogP contribution >= 0.6 is 0 Å². The van der Waals surface area contributed by atoms with Gasteiger partial charge in [0.25, 0.3) is 0 Å². The van der Waals surface area contributed by atoms with Crippen molar-refractivity contribution in [1.82, 2.24) is 9.47 Å². The van der Waals surface area contributed by atoms with E-state index in [4.69, 9.17) is 9.15 Å². The number of ether oxygens (including phenoxy) is 1. The zero-order valence-corrected chi connectivity index (χ0v) is 12.0. The van der Waals surface area contributed by atoms with Crippen molar-refractivity contribution in [2.45, 2.75) is 26.4 Å². The minimum Gasteiger partial charge on any atom is -0.497 e. The normalized spacial score (nSPS) is 20.4. The number of rotatable bonds is 3. The first kappa shape index (κ1) is 13.2. The summed E-state index contributed by atoms with van der Waals surface area (Å²) in [6.45, 7) is 4.94. The van der Waals surface area contributed by atoms with E-state index in [1.807, 2.05) is 12.1 Å². The monoisotopic (exact) mass is 276 g/mol. The maximum absolute atomic E-state index is 12.0. The van der Waals surface area contributed by atoms with E-state index in [0.29, 0.717) is 23.9 Å². The Morgan fingerprint density at radius 1 is 1.45 bits per heavy atom. The molecule has 0 bridgehead atoms. The van der Waals surface area contributed by atoms with Crippen molar-refractivity contribution in [2.24, 2.45) is 5.92 Å². The molecular weight excluding hydrogens is 256 g/mol. The summed E-state index contributed by atoms with van der Waals surface area (Å²) < 4.78 is 12.2. The fourth-order valence-electron chi connectivity index (χ4n) is 2.92.